The van der Waals surface area contributed by atoms with Crippen LogP contribution in [0.4, 0.5) is 8.78 Å². The summed E-state index contributed by atoms with van der Waals surface area (Å²) < 4.78 is 28.5. The first kappa shape index (κ1) is 16.9. The molecule has 2 aliphatic heterocycles. The van der Waals surface area contributed by atoms with E-state index in [0.717, 1.165) is 37.4 Å². The van der Waals surface area contributed by atoms with Gasteiger partial charge < -0.3 is 0 Å². The quantitative estimate of drug-likeness (QED) is 0.775. The molecule has 0 amide bonds. The molecule has 0 radical (unpaired) electrons. The second-order valence-electron chi connectivity index (χ2n) is 7.13. The van der Waals surface area contributed by atoms with Gasteiger partial charge in [0.25, 0.3) is 0 Å². The Hall–Kier alpha value is -2.51. The van der Waals surface area contributed by atoms with Crippen LogP contribution in [0.25, 0.3) is 5.57 Å². The van der Waals surface area contributed by atoms with Crippen molar-refractivity contribution < 1.29 is 8.78 Å². The Morgan fingerprint density at radius 3 is 2.62 bits per heavy atom. The molecule has 2 atom stereocenters. The van der Waals surface area contributed by atoms with Crippen molar-refractivity contribution in [2.24, 2.45) is 0 Å². The molecule has 4 heteroatoms. The summed E-state index contributed by atoms with van der Waals surface area (Å²) in [6.07, 6.45) is 6.08. The number of hydrogen-bond donors (Lipinski definition) is 0. The molecule has 2 aromatic carbocycles. The molecule has 2 bridgehead atoms. The number of hydrogen-bond acceptors (Lipinski definition) is 2. The van der Waals surface area contributed by atoms with Gasteiger partial charge in [0.1, 0.15) is 17.7 Å². The third-order valence-corrected chi connectivity index (χ3v) is 5.51. The van der Waals surface area contributed by atoms with Crippen molar-refractivity contribution in [3.05, 3.63) is 76.9 Å². The molecular weight excluding hydrogens is 330 g/mol. The Morgan fingerprint density at radius 1 is 1.08 bits per heavy atom. The van der Waals surface area contributed by atoms with E-state index in [1.165, 1.54) is 11.6 Å². The van der Waals surface area contributed by atoms with Crippen LogP contribution in [0.15, 0.2) is 48.5 Å². The van der Waals surface area contributed by atoms with Crippen LogP contribution < -0.4 is 0 Å². The van der Waals surface area contributed by atoms with Crippen molar-refractivity contribution in [3.8, 4) is 6.07 Å². The lowest BCUT2D eigenvalue weighted by molar-refractivity contribution is 0.0950. The summed E-state index contributed by atoms with van der Waals surface area (Å²) in [5, 5.41) is 8.87. The van der Waals surface area contributed by atoms with Crippen molar-refractivity contribution in [2.45, 2.75) is 44.3 Å². The maximum atomic E-state index is 14.4. The Labute approximate surface area is 152 Å². The zero-order valence-corrected chi connectivity index (χ0v) is 14.5. The molecular formula is C22H20F2N2. The van der Waals surface area contributed by atoms with Crippen molar-refractivity contribution >= 4 is 5.57 Å². The monoisotopic (exact) mass is 350 g/mol. The van der Waals surface area contributed by atoms with Crippen LogP contribution in [0.5, 0.6) is 0 Å². The van der Waals surface area contributed by atoms with Crippen molar-refractivity contribution in [3.63, 3.8) is 0 Å². The van der Waals surface area contributed by atoms with Gasteiger partial charge in [-0.15, -0.1) is 0 Å². The summed E-state index contributed by atoms with van der Waals surface area (Å²) in [5.74, 6) is -1.16. The average molecular weight is 350 g/mol. The second-order valence-corrected chi connectivity index (χ2v) is 7.13. The van der Waals surface area contributed by atoms with E-state index in [2.05, 4.69) is 23.1 Å². The van der Waals surface area contributed by atoms with E-state index in [9.17, 15) is 8.78 Å². The number of halogens is 2. The highest BCUT2D eigenvalue weighted by Crippen LogP contribution is 2.39. The van der Waals surface area contributed by atoms with Crippen LogP contribution in [-0.4, -0.2) is 17.0 Å². The first-order valence-corrected chi connectivity index (χ1v) is 9.05. The van der Waals surface area contributed by atoms with Gasteiger partial charge in [0.2, 0.25) is 0 Å². The van der Waals surface area contributed by atoms with Gasteiger partial charge in [-0.3, -0.25) is 4.90 Å². The van der Waals surface area contributed by atoms with E-state index in [0.29, 0.717) is 18.0 Å². The Balaban J connectivity index is 1.65. The van der Waals surface area contributed by atoms with E-state index < -0.39 is 11.6 Å². The fourth-order valence-corrected chi connectivity index (χ4v) is 4.24. The van der Waals surface area contributed by atoms with E-state index in [4.69, 9.17) is 5.26 Å². The summed E-state index contributed by atoms with van der Waals surface area (Å²) >= 11 is 0. The third-order valence-electron chi connectivity index (χ3n) is 5.51. The molecule has 2 unspecified atom stereocenters. The largest absolute Gasteiger partial charge is 0.289 e. The molecule has 132 valence electrons. The van der Waals surface area contributed by atoms with Crippen molar-refractivity contribution in [1.29, 1.82) is 5.26 Å². The van der Waals surface area contributed by atoms with E-state index in [1.54, 1.807) is 6.07 Å². The summed E-state index contributed by atoms with van der Waals surface area (Å²) in [6, 6.07) is 14.8. The fraction of sp³-hybridized carbons (Fsp3) is 0.318. The molecule has 1 fully saturated rings. The summed E-state index contributed by atoms with van der Waals surface area (Å²) in [4.78, 5) is 2.49. The second kappa shape index (κ2) is 7.01. The summed E-state index contributed by atoms with van der Waals surface area (Å²) in [7, 11) is 0. The normalized spacial score (nSPS) is 22.6. The van der Waals surface area contributed by atoms with Crippen molar-refractivity contribution in [1.82, 2.24) is 4.90 Å². The molecule has 2 aromatic rings. The van der Waals surface area contributed by atoms with E-state index >= 15 is 0 Å². The first-order valence-electron chi connectivity index (χ1n) is 9.05. The average Bonchev–Trinajstić information content (AvgIpc) is 2.64. The number of piperidine rings is 1. The van der Waals surface area contributed by atoms with Crippen molar-refractivity contribution in [2.75, 3.05) is 0 Å². The van der Waals surface area contributed by atoms with Gasteiger partial charge >= 0.3 is 0 Å². The van der Waals surface area contributed by atoms with Crippen LogP contribution in [0, 0.1) is 23.0 Å². The molecule has 0 spiro atoms. The predicted octanol–water partition coefficient (Wildman–Crippen LogP) is 5.05. The maximum Gasteiger partial charge on any atom is 0.141 e. The molecule has 0 N–H and O–H groups in total. The SMILES string of the molecule is N#Cc1cc(F)c(C2=CC3CCCC(C2)N3Cc2ccccc2)cc1F. The van der Waals surface area contributed by atoms with E-state index in [-0.39, 0.29) is 11.6 Å². The number of fused-ring (bicyclic) bond motifs is 2. The highest BCUT2D eigenvalue weighted by Gasteiger charge is 2.34. The smallest absolute Gasteiger partial charge is 0.141 e. The zero-order valence-electron chi connectivity index (χ0n) is 14.5. The van der Waals surface area contributed by atoms with Gasteiger partial charge in [0, 0.05) is 24.2 Å². The highest BCUT2D eigenvalue weighted by molar-refractivity contribution is 5.69. The Kier molecular flexibility index (Phi) is 4.57. The van der Waals surface area contributed by atoms with Gasteiger partial charge in [-0.05, 0) is 42.5 Å². The van der Waals surface area contributed by atoms with Crippen LogP contribution in [0.2, 0.25) is 0 Å². The lowest BCUT2D eigenvalue weighted by Crippen LogP contribution is -2.47. The van der Waals surface area contributed by atoms with Gasteiger partial charge in [0.05, 0.1) is 5.56 Å². The zero-order chi connectivity index (χ0) is 18.1. The molecule has 1 saturated heterocycles. The van der Waals surface area contributed by atoms with Crippen LogP contribution in [-0.2, 0) is 6.54 Å². The van der Waals surface area contributed by atoms with Crippen LogP contribution in [0.1, 0.15) is 42.4 Å². The lowest BCUT2D eigenvalue weighted by Gasteiger charge is -2.45. The summed E-state index contributed by atoms with van der Waals surface area (Å²) in [6.45, 7) is 0.879. The first-order chi connectivity index (χ1) is 12.7. The summed E-state index contributed by atoms with van der Waals surface area (Å²) in [5.41, 5.74) is 2.20. The molecule has 2 heterocycles. The maximum absolute atomic E-state index is 14.4. The minimum atomic E-state index is -0.651. The fourth-order valence-electron chi connectivity index (χ4n) is 4.24. The molecule has 2 aliphatic rings. The third kappa shape index (κ3) is 3.15. The number of nitrogens with zero attached hydrogens (tertiary/aromatic N) is 2. The number of nitriles is 1. The van der Waals surface area contributed by atoms with Crippen LogP contribution in [0.3, 0.4) is 0 Å². The topological polar surface area (TPSA) is 27.0 Å². The van der Waals surface area contributed by atoms with Gasteiger partial charge in [-0.1, -0.05) is 42.8 Å². The molecule has 0 aliphatic carbocycles. The lowest BCUT2D eigenvalue weighted by atomic mass is 9.82. The Morgan fingerprint density at radius 2 is 1.88 bits per heavy atom. The molecule has 4 rings (SSSR count). The predicted molar refractivity (Wildman–Crippen MR) is 97.1 cm³/mol. The molecule has 0 saturated carbocycles. The molecule has 2 nitrogen and oxygen atoms in total. The van der Waals surface area contributed by atoms with E-state index in [1.807, 2.05) is 18.2 Å². The molecule has 26 heavy (non-hydrogen) atoms. The van der Waals surface area contributed by atoms with Gasteiger partial charge in [-0.25, -0.2) is 8.78 Å². The highest BCUT2D eigenvalue weighted by atomic mass is 19.1. The number of benzene rings is 2. The number of rotatable bonds is 3. The van der Waals surface area contributed by atoms with Gasteiger partial charge in [-0.2, -0.15) is 5.26 Å². The molecule has 0 aromatic heterocycles. The Bertz CT molecular complexity index is 883. The minimum absolute atomic E-state index is 0.242. The minimum Gasteiger partial charge on any atom is -0.289 e. The standard InChI is InChI=1S/C22H20F2N2/c23-21-12-20(22(24)11-17(21)13-25)16-9-18-7-4-8-19(10-16)26(18)14-15-5-2-1-3-6-15/h1-3,5-6,9,11-12,18-19H,4,7-8,10,14H2. The van der Waals surface area contributed by atoms with Gasteiger partial charge in [0.15, 0.2) is 0 Å². The van der Waals surface area contributed by atoms with Crippen LogP contribution >= 0.6 is 0 Å².